The summed E-state index contributed by atoms with van der Waals surface area (Å²) >= 11 is 0. The van der Waals surface area contributed by atoms with E-state index in [0.717, 1.165) is 37.3 Å². The lowest BCUT2D eigenvalue weighted by atomic mass is 9.95. The number of benzene rings is 1. The summed E-state index contributed by atoms with van der Waals surface area (Å²) in [5.74, 6) is 0.666. The lowest BCUT2D eigenvalue weighted by molar-refractivity contribution is -0.132. The third kappa shape index (κ3) is 4.42. The molecule has 2 saturated heterocycles. The topological polar surface area (TPSA) is 80.3 Å². The van der Waals surface area contributed by atoms with Crippen LogP contribution in [0.25, 0.3) is 0 Å². The van der Waals surface area contributed by atoms with E-state index in [1.54, 1.807) is 31.3 Å². The van der Waals surface area contributed by atoms with Gasteiger partial charge in [-0.25, -0.2) is 4.98 Å². The second kappa shape index (κ2) is 9.56. The van der Waals surface area contributed by atoms with Crippen LogP contribution in [0.3, 0.4) is 0 Å². The summed E-state index contributed by atoms with van der Waals surface area (Å²) in [6.07, 6.45) is 4.58. The molecule has 0 bridgehead atoms. The first-order valence-corrected chi connectivity index (χ1v) is 12.3. The average molecular weight is 477 g/mol. The Morgan fingerprint density at radius 1 is 1.00 bits per heavy atom. The number of rotatable bonds is 4. The van der Waals surface area contributed by atoms with E-state index in [9.17, 15) is 14.4 Å². The molecule has 2 fully saturated rings. The molecule has 0 aliphatic carbocycles. The van der Waals surface area contributed by atoms with Gasteiger partial charge in [-0.3, -0.25) is 19.3 Å². The normalized spacial score (nSPS) is 19.8. The Kier molecular flexibility index (Phi) is 6.32. The van der Waals surface area contributed by atoms with Crippen molar-refractivity contribution >= 4 is 34.9 Å². The second-order valence-corrected chi connectivity index (χ2v) is 9.59. The average Bonchev–Trinajstić information content (AvgIpc) is 2.90. The van der Waals surface area contributed by atoms with Gasteiger partial charge in [0.2, 0.25) is 11.8 Å². The predicted octanol–water partition coefficient (Wildman–Crippen LogP) is 1.84. The second-order valence-electron chi connectivity index (χ2n) is 9.59. The molecule has 3 aliphatic heterocycles. The van der Waals surface area contributed by atoms with Gasteiger partial charge in [0, 0.05) is 58.6 Å². The van der Waals surface area contributed by atoms with Crippen molar-refractivity contribution < 1.29 is 14.4 Å². The maximum atomic E-state index is 13.6. The number of pyridine rings is 1. The van der Waals surface area contributed by atoms with Gasteiger partial charge in [0.25, 0.3) is 5.91 Å². The zero-order valence-electron chi connectivity index (χ0n) is 20.4. The standard InChI is InChI=1S/C26H32N6O3/c1-28(2)25(34)19-9-10-20-22(17-19)32(26(35)21-7-4-6-12-31(20)21)18-24(33)30-15-13-29(14-16-30)23-8-3-5-11-27-23/h3,5,8-11,17,21H,4,6-7,12-16,18H2,1-2H3. The van der Waals surface area contributed by atoms with Gasteiger partial charge in [-0.2, -0.15) is 0 Å². The molecule has 3 aliphatic rings. The van der Waals surface area contributed by atoms with Gasteiger partial charge in [0.1, 0.15) is 18.4 Å². The highest BCUT2D eigenvalue weighted by molar-refractivity contribution is 6.09. The number of nitrogens with zero attached hydrogens (tertiary/aromatic N) is 6. The number of piperazine rings is 1. The van der Waals surface area contributed by atoms with Crippen LogP contribution in [0.1, 0.15) is 29.6 Å². The van der Waals surface area contributed by atoms with E-state index >= 15 is 0 Å². The summed E-state index contributed by atoms with van der Waals surface area (Å²) in [5.41, 5.74) is 2.09. The van der Waals surface area contributed by atoms with Crippen molar-refractivity contribution in [1.82, 2.24) is 14.8 Å². The molecule has 0 N–H and O–H groups in total. The van der Waals surface area contributed by atoms with Crippen LogP contribution in [0.15, 0.2) is 42.6 Å². The van der Waals surface area contributed by atoms with Gasteiger partial charge in [-0.05, 0) is 49.6 Å². The smallest absolute Gasteiger partial charge is 0.253 e. The molecule has 9 nitrogen and oxygen atoms in total. The maximum Gasteiger partial charge on any atom is 0.253 e. The molecule has 3 amide bonds. The zero-order chi connectivity index (χ0) is 24.5. The number of piperidine rings is 1. The van der Waals surface area contributed by atoms with Gasteiger partial charge < -0.3 is 19.6 Å². The minimum atomic E-state index is -0.250. The van der Waals surface area contributed by atoms with Crippen LogP contribution in [-0.4, -0.2) is 91.9 Å². The number of anilines is 3. The molecular weight excluding hydrogens is 444 g/mol. The highest BCUT2D eigenvalue weighted by Gasteiger charge is 2.41. The molecule has 1 aromatic heterocycles. The van der Waals surface area contributed by atoms with Gasteiger partial charge in [-0.1, -0.05) is 6.07 Å². The number of hydrogen-bond donors (Lipinski definition) is 0. The fraction of sp³-hybridized carbons (Fsp3) is 0.462. The van der Waals surface area contributed by atoms with Crippen LogP contribution in [0.4, 0.5) is 17.2 Å². The molecule has 1 atom stereocenters. The van der Waals surface area contributed by atoms with Crippen LogP contribution >= 0.6 is 0 Å². The van der Waals surface area contributed by atoms with Crippen LogP contribution in [0, 0.1) is 0 Å². The summed E-state index contributed by atoms with van der Waals surface area (Å²) in [6, 6.07) is 11.1. The number of amides is 3. The third-order valence-corrected chi connectivity index (χ3v) is 7.18. The molecule has 1 aromatic carbocycles. The number of carbonyl (C=O) groups excluding carboxylic acids is 3. The van der Waals surface area contributed by atoms with Crippen molar-refractivity contribution in [3.8, 4) is 0 Å². The van der Waals surface area contributed by atoms with Crippen molar-refractivity contribution in [2.75, 3.05) is 68.1 Å². The number of fused-ring (bicyclic) bond motifs is 3. The minimum Gasteiger partial charge on any atom is -0.358 e. The summed E-state index contributed by atoms with van der Waals surface area (Å²) in [4.78, 5) is 53.3. The van der Waals surface area contributed by atoms with Gasteiger partial charge in [-0.15, -0.1) is 0 Å². The SMILES string of the molecule is CN(C)C(=O)c1ccc2c(c1)N(CC(=O)N1CCN(c3ccccn3)CC1)C(=O)C1CCCCN21. The molecule has 0 radical (unpaired) electrons. The first-order chi connectivity index (χ1) is 16.9. The molecule has 4 heterocycles. The Hall–Kier alpha value is -3.62. The Labute approximate surface area is 205 Å². The summed E-state index contributed by atoms with van der Waals surface area (Å²) in [6.45, 7) is 3.36. The molecule has 0 spiro atoms. The van der Waals surface area contributed by atoms with Crippen molar-refractivity contribution in [3.63, 3.8) is 0 Å². The van der Waals surface area contributed by atoms with Crippen LogP contribution < -0.4 is 14.7 Å². The zero-order valence-corrected chi connectivity index (χ0v) is 20.4. The monoisotopic (exact) mass is 476 g/mol. The highest BCUT2D eigenvalue weighted by Crippen LogP contribution is 2.40. The largest absolute Gasteiger partial charge is 0.358 e. The Morgan fingerprint density at radius 3 is 2.51 bits per heavy atom. The summed E-state index contributed by atoms with van der Waals surface area (Å²) in [5, 5.41) is 0. The lowest BCUT2D eigenvalue weighted by Gasteiger charge is -2.45. The first kappa shape index (κ1) is 23.1. The third-order valence-electron chi connectivity index (χ3n) is 7.18. The number of carbonyl (C=O) groups is 3. The van der Waals surface area contributed by atoms with E-state index in [0.29, 0.717) is 37.4 Å². The molecule has 1 unspecified atom stereocenters. The molecule has 35 heavy (non-hydrogen) atoms. The highest BCUT2D eigenvalue weighted by atomic mass is 16.2. The van der Waals surface area contributed by atoms with E-state index in [2.05, 4.69) is 14.8 Å². The minimum absolute atomic E-state index is 0.0145. The van der Waals surface area contributed by atoms with Crippen molar-refractivity contribution in [1.29, 1.82) is 0 Å². The fourth-order valence-corrected chi connectivity index (χ4v) is 5.27. The van der Waals surface area contributed by atoms with Crippen molar-refractivity contribution in [2.24, 2.45) is 0 Å². The van der Waals surface area contributed by atoms with E-state index < -0.39 is 0 Å². The number of aromatic nitrogens is 1. The van der Waals surface area contributed by atoms with E-state index in [1.807, 2.05) is 35.2 Å². The molecule has 5 rings (SSSR count). The van der Waals surface area contributed by atoms with E-state index in [4.69, 9.17) is 0 Å². The van der Waals surface area contributed by atoms with Gasteiger partial charge in [0.05, 0.1) is 11.4 Å². The Morgan fingerprint density at radius 2 is 1.80 bits per heavy atom. The van der Waals surface area contributed by atoms with Gasteiger partial charge >= 0.3 is 0 Å². The van der Waals surface area contributed by atoms with Crippen LogP contribution in [-0.2, 0) is 9.59 Å². The number of hydrogen-bond acceptors (Lipinski definition) is 6. The van der Waals surface area contributed by atoms with Crippen molar-refractivity contribution in [2.45, 2.75) is 25.3 Å². The Bertz CT molecular complexity index is 1110. The molecular formula is C26H32N6O3. The maximum absolute atomic E-state index is 13.6. The molecule has 9 heteroatoms. The van der Waals surface area contributed by atoms with E-state index in [-0.39, 0.29) is 30.3 Å². The van der Waals surface area contributed by atoms with Crippen LogP contribution in [0.2, 0.25) is 0 Å². The van der Waals surface area contributed by atoms with Crippen molar-refractivity contribution in [3.05, 3.63) is 48.2 Å². The quantitative estimate of drug-likeness (QED) is 0.670. The Balaban J connectivity index is 1.37. The molecule has 0 saturated carbocycles. The lowest BCUT2D eigenvalue weighted by Crippen LogP contribution is -2.58. The summed E-state index contributed by atoms with van der Waals surface area (Å²) < 4.78 is 0. The molecule has 184 valence electrons. The van der Waals surface area contributed by atoms with Gasteiger partial charge in [0.15, 0.2) is 0 Å². The first-order valence-electron chi connectivity index (χ1n) is 12.3. The fourth-order valence-electron chi connectivity index (χ4n) is 5.27. The predicted molar refractivity (Wildman–Crippen MR) is 135 cm³/mol. The van der Waals surface area contributed by atoms with Crippen LogP contribution in [0.5, 0.6) is 0 Å². The molecule has 2 aromatic rings. The summed E-state index contributed by atoms with van der Waals surface area (Å²) in [7, 11) is 3.42. The van der Waals surface area contributed by atoms with E-state index in [1.165, 1.54) is 4.90 Å².